The van der Waals surface area contributed by atoms with Gasteiger partial charge in [-0.15, -0.1) is 0 Å². The number of hydrogen-bond donors (Lipinski definition) is 1. The van der Waals surface area contributed by atoms with Gasteiger partial charge in [0, 0.05) is 10.0 Å². The highest BCUT2D eigenvalue weighted by atomic mass is 79.9. The van der Waals surface area contributed by atoms with Crippen molar-refractivity contribution in [1.29, 1.82) is 0 Å². The van der Waals surface area contributed by atoms with E-state index in [4.69, 9.17) is 20.8 Å². The third-order valence-corrected chi connectivity index (χ3v) is 4.14. The first kappa shape index (κ1) is 18.2. The topological polar surface area (TPSA) is 63.8 Å². The van der Waals surface area contributed by atoms with Crippen molar-refractivity contribution in [2.24, 2.45) is 5.10 Å². The largest absolute Gasteiger partial charge is 0.484 e. The highest BCUT2D eigenvalue weighted by molar-refractivity contribution is 9.10. The number of carbonyl (C=O) groups is 1. The fraction of sp³-hybridized carbons (Fsp3) is 0.0526. The summed E-state index contributed by atoms with van der Waals surface area (Å²) in [6, 6.07) is 18.2. The van der Waals surface area contributed by atoms with Crippen LogP contribution in [0, 0.1) is 0 Å². The van der Waals surface area contributed by atoms with Crippen LogP contribution in [0.1, 0.15) is 5.76 Å². The summed E-state index contributed by atoms with van der Waals surface area (Å²) in [4.78, 5) is 11.8. The van der Waals surface area contributed by atoms with Gasteiger partial charge >= 0.3 is 0 Å². The van der Waals surface area contributed by atoms with Crippen molar-refractivity contribution in [3.05, 3.63) is 75.9 Å². The van der Waals surface area contributed by atoms with E-state index in [0.29, 0.717) is 22.3 Å². The first-order valence-electron chi connectivity index (χ1n) is 7.67. The van der Waals surface area contributed by atoms with Gasteiger partial charge in [-0.25, -0.2) is 5.43 Å². The van der Waals surface area contributed by atoms with Crippen LogP contribution in [0.2, 0.25) is 5.02 Å². The summed E-state index contributed by atoms with van der Waals surface area (Å²) < 4.78 is 11.9. The van der Waals surface area contributed by atoms with Crippen molar-refractivity contribution in [2.75, 3.05) is 6.61 Å². The summed E-state index contributed by atoms with van der Waals surface area (Å²) in [6.45, 7) is -0.142. The molecule has 132 valence electrons. The number of ether oxygens (including phenoxy) is 1. The number of benzene rings is 2. The average molecular weight is 434 g/mol. The van der Waals surface area contributed by atoms with Crippen LogP contribution in [-0.2, 0) is 4.79 Å². The van der Waals surface area contributed by atoms with Gasteiger partial charge in [-0.05, 0) is 42.5 Å². The van der Waals surface area contributed by atoms with Gasteiger partial charge in [0.1, 0.15) is 17.3 Å². The molecule has 0 unspecified atom stereocenters. The third kappa shape index (κ3) is 4.97. The molecule has 0 aliphatic heterocycles. The summed E-state index contributed by atoms with van der Waals surface area (Å²) in [5.41, 5.74) is 3.18. The highest BCUT2D eigenvalue weighted by Gasteiger charge is 2.07. The number of nitrogens with zero attached hydrogens (tertiary/aromatic N) is 1. The molecule has 0 aliphatic carbocycles. The van der Waals surface area contributed by atoms with Gasteiger partial charge < -0.3 is 9.15 Å². The molecule has 3 rings (SSSR count). The molecule has 3 aromatic rings. The van der Waals surface area contributed by atoms with Crippen molar-refractivity contribution in [1.82, 2.24) is 5.43 Å². The standard InChI is InChI=1S/C19H14BrClN2O3/c20-13-4-3-5-14(10-13)25-12-19(24)23-22-11-15-8-9-18(26-15)16-6-1-2-7-17(16)21/h1-11H,12H2,(H,23,24)/b22-11+. The monoisotopic (exact) mass is 432 g/mol. The van der Waals surface area contributed by atoms with Crippen molar-refractivity contribution >= 4 is 39.7 Å². The van der Waals surface area contributed by atoms with E-state index in [1.807, 2.05) is 30.3 Å². The summed E-state index contributed by atoms with van der Waals surface area (Å²) in [5.74, 6) is 1.34. The molecule has 0 spiro atoms. The molecule has 0 saturated carbocycles. The molecule has 5 nitrogen and oxygen atoms in total. The SMILES string of the molecule is O=C(COc1cccc(Br)c1)N/N=C/c1ccc(-c2ccccc2Cl)o1. The fourth-order valence-corrected chi connectivity index (χ4v) is 2.74. The van der Waals surface area contributed by atoms with Gasteiger partial charge in [0.05, 0.1) is 11.2 Å². The molecule has 0 atom stereocenters. The van der Waals surface area contributed by atoms with Gasteiger partial charge in [0.25, 0.3) is 5.91 Å². The number of rotatable bonds is 6. The van der Waals surface area contributed by atoms with Crippen LogP contribution < -0.4 is 10.2 Å². The number of halogens is 2. The van der Waals surface area contributed by atoms with Crippen molar-refractivity contribution in [2.45, 2.75) is 0 Å². The Kier molecular flexibility index (Phi) is 6.09. The molecule has 1 amide bonds. The lowest BCUT2D eigenvalue weighted by Gasteiger charge is -2.04. The summed E-state index contributed by atoms with van der Waals surface area (Å²) in [6.07, 6.45) is 1.41. The van der Waals surface area contributed by atoms with Crippen molar-refractivity contribution in [3.8, 4) is 17.1 Å². The molecule has 7 heteroatoms. The van der Waals surface area contributed by atoms with Gasteiger partial charge in [0.15, 0.2) is 6.61 Å². The zero-order valence-electron chi connectivity index (χ0n) is 13.5. The van der Waals surface area contributed by atoms with Crippen molar-refractivity contribution < 1.29 is 13.9 Å². The maximum absolute atomic E-state index is 11.8. The molecule has 0 aliphatic rings. The maximum atomic E-state index is 11.8. The van der Waals surface area contributed by atoms with E-state index >= 15 is 0 Å². The Morgan fingerprint density at radius 1 is 1.19 bits per heavy atom. The van der Waals surface area contributed by atoms with Crippen LogP contribution in [-0.4, -0.2) is 18.7 Å². The Morgan fingerprint density at radius 3 is 2.85 bits per heavy atom. The minimum Gasteiger partial charge on any atom is -0.484 e. The highest BCUT2D eigenvalue weighted by Crippen LogP contribution is 2.28. The predicted octanol–water partition coefficient (Wildman–Crippen LogP) is 4.89. The molecule has 2 aromatic carbocycles. The number of amides is 1. The first-order valence-corrected chi connectivity index (χ1v) is 8.84. The lowest BCUT2D eigenvalue weighted by Crippen LogP contribution is -2.24. The van der Waals surface area contributed by atoms with E-state index in [2.05, 4.69) is 26.5 Å². The number of hydrazone groups is 1. The summed E-state index contributed by atoms with van der Waals surface area (Å²) in [7, 11) is 0. The number of nitrogens with one attached hydrogen (secondary N) is 1. The smallest absolute Gasteiger partial charge is 0.277 e. The normalized spacial score (nSPS) is 10.8. The maximum Gasteiger partial charge on any atom is 0.277 e. The van der Waals surface area contributed by atoms with Gasteiger partial charge in [-0.1, -0.05) is 45.7 Å². The lowest BCUT2D eigenvalue weighted by molar-refractivity contribution is -0.123. The third-order valence-electron chi connectivity index (χ3n) is 3.31. The summed E-state index contributed by atoms with van der Waals surface area (Å²) in [5, 5.41) is 4.46. The van der Waals surface area contributed by atoms with E-state index in [1.54, 1.807) is 30.3 Å². The molecule has 0 radical (unpaired) electrons. The number of hydrogen-bond acceptors (Lipinski definition) is 4. The quantitative estimate of drug-likeness (QED) is 0.444. The van der Waals surface area contributed by atoms with E-state index in [9.17, 15) is 4.79 Å². The second-order valence-corrected chi connectivity index (χ2v) is 6.54. The Morgan fingerprint density at radius 2 is 2.04 bits per heavy atom. The van der Waals surface area contributed by atoms with Crippen LogP contribution in [0.3, 0.4) is 0 Å². The summed E-state index contributed by atoms with van der Waals surface area (Å²) >= 11 is 9.48. The van der Waals surface area contributed by atoms with Crippen LogP contribution in [0.25, 0.3) is 11.3 Å². The first-order chi connectivity index (χ1) is 12.6. The minimum absolute atomic E-state index is 0.142. The molecule has 0 fully saturated rings. The predicted molar refractivity (Wildman–Crippen MR) is 105 cm³/mol. The molecule has 1 N–H and O–H groups in total. The van der Waals surface area contributed by atoms with E-state index in [-0.39, 0.29) is 12.5 Å². The minimum atomic E-state index is -0.376. The fourth-order valence-electron chi connectivity index (χ4n) is 2.13. The molecule has 26 heavy (non-hydrogen) atoms. The molecule has 1 aromatic heterocycles. The van der Waals surface area contributed by atoms with Crippen LogP contribution in [0.5, 0.6) is 5.75 Å². The number of carbonyl (C=O) groups excluding carboxylic acids is 1. The second-order valence-electron chi connectivity index (χ2n) is 5.22. The Bertz CT molecular complexity index is 940. The van der Waals surface area contributed by atoms with Gasteiger partial charge in [0.2, 0.25) is 0 Å². The lowest BCUT2D eigenvalue weighted by atomic mass is 10.2. The second kappa shape index (κ2) is 8.69. The van der Waals surface area contributed by atoms with Crippen molar-refractivity contribution in [3.63, 3.8) is 0 Å². The van der Waals surface area contributed by atoms with Crippen LogP contribution in [0.15, 0.2) is 74.7 Å². The zero-order valence-corrected chi connectivity index (χ0v) is 15.8. The Labute approximate surface area is 163 Å². The molecule has 0 bridgehead atoms. The molecular formula is C19H14BrClN2O3. The number of furan rings is 1. The Hall–Kier alpha value is -2.57. The van der Waals surface area contributed by atoms with Crippen LogP contribution >= 0.6 is 27.5 Å². The van der Waals surface area contributed by atoms with Gasteiger partial charge in [-0.2, -0.15) is 5.10 Å². The average Bonchev–Trinajstić information content (AvgIpc) is 3.09. The molecule has 0 saturated heterocycles. The van der Waals surface area contributed by atoms with Gasteiger partial charge in [-0.3, -0.25) is 4.79 Å². The van der Waals surface area contributed by atoms with E-state index < -0.39 is 0 Å². The zero-order chi connectivity index (χ0) is 18.4. The van der Waals surface area contributed by atoms with E-state index in [1.165, 1.54) is 6.21 Å². The Balaban J connectivity index is 1.52. The molecule has 1 heterocycles. The van der Waals surface area contributed by atoms with E-state index in [0.717, 1.165) is 10.0 Å². The molecular weight excluding hydrogens is 420 g/mol. The van der Waals surface area contributed by atoms with Crippen LogP contribution in [0.4, 0.5) is 0 Å².